The normalized spacial score (nSPS) is 10.3. The molecule has 3 rings (SSSR count). The van der Waals surface area contributed by atoms with Crippen molar-refractivity contribution in [3.05, 3.63) is 59.3 Å². The van der Waals surface area contributed by atoms with Crippen molar-refractivity contribution in [1.82, 2.24) is 15.4 Å². The summed E-state index contributed by atoms with van der Waals surface area (Å²) in [6.45, 7) is 1.91. The zero-order valence-electron chi connectivity index (χ0n) is 13.2. The molecular weight excluding hydrogens is 344 g/mol. The maximum atomic E-state index is 11.9. The molecule has 1 amide bonds. The predicted molar refractivity (Wildman–Crippen MR) is 95.7 cm³/mol. The molecule has 128 valence electrons. The number of amides is 1. The Labute approximate surface area is 148 Å². The minimum absolute atomic E-state index is 0.160. The standard InChI is InChI=1S/C16H15ClN6O2/c1-9-4-5-10(7-11(9)17)21-14-13(18)15(20-8-19-14)22-23-16(24)12-3-2-6-25-12/h2-8H,18H2,1H3,(H,23,24)(H2,19,20,21,22). The van der Waals surface area contributed by atoms with Gasteiger partial charge in [-0.05, 0) is 36.8 Å². The van der Waals surface area contributed by atoms with Gasteiger partial charge in [0.05, 0.1) is 6.26 Å². The van der Waals surface area contributed by atoms with E-state index in [1.807, 2.05) is 19.1 Å². The lowest BCUT2D eigenvalue weighted by atomic mass is 10.2. The lowest BCUT2D eigenvalue weighted by Gasteiger charge is -2.13. The number of aromatic nitrogens is 2. The van der Waals surface area contributed by atoms with Gasteiger partial charge in [0.1, 0.15) is 12.0 Å². The molecule has 25 heavy (non-hydrogen) atoms. The van der Waals surface area contributed by atoms with E-state index in [1.54, 1.807) is 12.1 Å². The molecule has 0 aliphatic carbocycles. The minimum Gasteiger partial charge on any atom is -0.459 e. The monoisotopic (exact) mass is 358 g/mol. The van der Waals surface area contributed by atoms with Crippen molar-refractivity contribution in [2.24, 2.45) is 0 Å². The molecule has 2 aromatic heterocycles. The first-order chi connectivity index (χ1) is 12.0. The number of nitrogens with one attached hydrogen (secondary N) is 3. The highest BCUT2D eigenvalue weighted by Crippen LogP contribution is 2.27. The summed E-state index contributed by atoms with van der Waals surface area (Å²) in [5.74, 6) is 0.330. The first-order valence-corrected chi connectivity index (χ1v) is 7.66. The summed E-state index contributed by atoms with van der Waals surface area (Å²) in [4.78, 5) is 20.0. The van der Waals surface area contributed by atoms with Crippen LogP contribution in [0.2, 0.25) is 5.02 Å². The van der Waals surface area contributed by atoms with Crippen LogP contribution in [0.4, 0.5) is 23.0 Å². The molecule has 0 saturated heterocycles. The molecule has 3 aromatic rings. The summed E-state index contributed by atoms with van der Waals surface area (Å²) in [6, 6.07) is 8.65. The number of hydrogen-bond donors (Lipinski definition) is 4. The summed E-state index contributed by atoms with van der Waals surface area (Å²) < 4.78 is 5.00. The molecule has 2 heterocycles. The third-order valence-electron chi connectivity index (χ3n) is 3.36. The molecule has 0 radical (unpaired) electrons. The van der Waals surface area contributed by atoms with Gasteiger partial charge in [-0.25, -0.2) is 9.97 Å². The number of carbonyl (C=O) groups is 1. The van der Waals surface area contributed by atoms with E-state index in [0.29, 0.717) is 10.8 Å². The molecule has 0 saturated carbocycles. The number of nitrogens with zero attached hydrogens (tertiary/aromatic N) is 2. The van der Waals surface area contributed by atoms with E-state index in [2.05, 4.69) is 26.1 Å². The van der Waals surface area contributed by atoms with Gasteiger partial charge in [-0.2, -0.15) is 0 Å². The summed E-state index contributed by atoms with van der Waals surface area (Å²) >= 11 is 6.11. The largest absolute Gasteiger partial charge is 0.459 e. The fourth-order valence-electron chi connectivity index (χ4n) is 1.99. The third-order valence-corrected chi connectivity index (χ3v) is 3.77. The average molecular weight is 359 g/mol. The van der Waals surface area contributed by atoms with E-state index >= 15 is 0 Å². The highest BCUT2D eigenvalue weighted by atomic mass is 35.5. The average Bonchev–Trinajstić information content (AvgIpc) is 3.13. The maximum absolute atomic E-state index is 11.9. The fourth-order valence-corrected chi connectivity index (χ4v) is 2.17. The molecule has 0 aliphatic rings. The Balaban J connectivity index is 1.73. The molecule has 0 unspecified atom stereocenters. The van der Waals surface area contributed by atoms with E-state index < -0.39 is 5.91 Å². The Morgan fingerprint density at radius 2 is 2.04 bits per heavy atom. The Morgan fingerprint density at radius 1 is 1.24 bits per heavy atom. The summed E-state index contributed by atoms with van der Waals surface area (Å²) in [5, 5.41) is 3.69. The number of carbonyl (C=O) groups excluding carboxylic acids is 1. The Kier molecular flexibility index (Phi) is 4.71. The van der Waals surface area contributed by atoms with Crippen LogP contribution in [0.15, 0.2) is 47.3 Å². The zero-order valence-corrected chi connectivity index (χ0v) is 14.0. The quantitative estimate of drug-likeness (QED) is 0.517. The fraction of sp³-hybridized carbons (Fsp3) is 0.0625. The van der Waals surface area contributed by atoms with Gasteiger partial charge in [0, 0.05) is 10.7 Å². The van der Waals surface area contributed by atoms with Crippen molar-refractivity contribution in [2.75, 3.05) is 16.5 Å². The number of rotatable bonds is 5. The van der Waals surface area contributed by atoms with Crippen molar-refractivity contribution in [2.45, 2.75) is 6.92 Å². The van der Waals surface area contributed by atoms with Gasteiger partial charge < -0.3 is 15.5 Å². The second-order valence-electron chi connectivity index (χ2n) is 5.13. The van der Waals surface area contributed by atoms with E-state index in [4.69, 9.17) is 21.8 Å². The van der Waals surface area contributed by atoms with Gasteiger partial charge in [0.25, 0.3) is 0 Å². The number of halogens is 1. The molecule has 0 atom stereocenters. The molecule has 0 aliphatic heterocycles. The minimum atomic E-state index is -0.456. The number of benzene rings is 1. The molecule has 9 heteroatoms. The summed E-state index contributed by atoms with van der Waals surface area (Å²) in [6.07, 6.45) is 2.72. The Bertz CT molecular complexity index is 898. The van der Waals surface area contributed by atoms with Crippen molar-refractivity contribution in [3.8, 4) is 0 Å². The van der Waals surface area contributed by atoms with Crippen LogP contribution in [0.5, 0.6) is 0 Å². The SMILES string of the molecule is Cc1ccc(Nc2ncnc(NNC(=O)c3ccco3)c2N)cc1Cl. The van der Waals surface area contributed by atoms with Gasteiger partial charge in [-0.3, -0.25) is 15.6 Å². The topological polar surface area (TPSA) is 118 Å². The van der Waals surface area contributed by atoms with Crippen LogP contribution < -0.4 is 21.9 Å². The van der Waals surface area contributed by atoms with Gasteiger partial charge in [-0.15, -0.1) is 0 Å². The molecular formula is C16H15ClN6O2. The van der Waals surface area contributed by atoms with Gasteiger partial charge in [0.2, 0.25) is 0 Å². The lowest BCUT2D eigenvalue weighted by Crippen LogP contribution is -2.30. The first kappa shape index (κ1) is 16.6. The molecule has 0 bridgehead atoms. The predicted octanol–water partition coefficient (Wildman–Crippen LogP) is 3.11. The Hall–Kier alpha value is -3.26. The lowest BCUT2D eigenvalue weighted by molar-refractivity contribution is 0.0935. The molecule has 0 fully saturated rings. The molecule has 1 aromatic carbocycles. The smallest absolute Gasteiger partial charge is 0.305 e. The summed E-state index contributed by atoms with van der Waals surface area (Å²) in [5.41, 5.74) is 13.1. The van der Waals surface area contributed by atoms with E-state index in [1.165, 1.54) is 18.7 Å². The Morgan fingerprint density at radius 3 is 2.76 bits per heavy atom. The number of hydrogen-bond acceptors (Lipinski definition) is 7. The van der Waals surface area contributed by atoms with E-state index in [0.717, 1.165) is 11.3 Å². The number of aryl methyl sites for hydroxylation is 1. The van der Waals surface area contributed by atoms with Crippen LogP contribution in [-0.4, -0.2) is 15.9 Å². The van der Waals surface area contributed by atoms with Crippen molar-refractivity contribution in [3.63, 3.8) is 0 Å². The molecule has 8 nitrogen and oxygen atoms in total. The number of furan rings is 1. The second-order valence-corrected chi connectivity index (χ2v) is 5.54. The van der Waals surface area contributed by atoms with Crippen LogP contribution >= 0.6 is 11.6 Å². The number of nitrogens with two attached hydrogens (primary N) is 1. The number of nitrogen functional groups attached to an aromatic ring is 1. The second kappa shape index (κ2) is 7.10. The van der Waals surface area contributed by atoms with Gasteiger partial charge >= 0.3 is 5.91 Å². The first-order valence-electron chi connectivity index (χ1n) is 7.28. The van der Waals surface area contributed by atoms with Gasteiger partial charge in [-0.1, -0.05) is 17.7 Å². The van der Waals surface area contributed by atoms with Gasteiger partial charge in [0.15, 0.2) is 17.4 Å². The van der Waals surface area contributed by atoms with Crippen molar-refractivity contribution < 1.29 is 9.21 Å². The van der Waals surface area contributed by atoms with Crippen LogP contribution in [-0.2, 0) is 0 Å². The summed E-state index contributed by atoms with van der Waals surface area (Å²) in [7, 11) is 0. The number of anilines is 4. The highest BCUT2D eigenvalue weighted by Gasteiger charge is 2.12. The maximum Gasteiger partial charge on any atom is 0.305 e. The van der Waals surface area contributed by atoms with Crippen LogP contribution in [0, 0.1) is 6.92 Å². The van der Waals surface area contributed by atoms with E-state index in [-0.39, 0.29) is 17.3 Å². The van der Waals surface area contributed by atoms with Crippen LogP contribution in [0.3, 0.4) is 0 Å². The van der Waals surface area contributed by atoms with Crippen LogP contribution in [0.25, 0.3) is 0 Å². The highest BCUT2D eigenvalue weighted by molar-refractivity contribution is 6.31. The van der Waals surface area contributed by atoms with Crippen molar-refractivity contribution in [1.29, 1.82) is 0 Å². The van der Waals surface area contributed by atoms with E-state index in [9.17, 15) is 4.79 Å². The number of hydrazine groups is 1. The molecule has 5 N–H and O–H groups in total. The zero-order chi connectivity index (χ0) is 17.8. The third kappa shape index (κ3) is 3.81. The van der Waals surface area contributed by atoms with Crippen molar-refractivity contribution >= 4 is 40.5 Å². The molecule has 0 spiro atoms. The van der Waals surface area contributed by atoms with Crippen LogP contribution in [0.1, 0.15) is 16.1 Å².